The standard InChI is InChI=1S/C8H13O6P.C6H13N/c1-5(9)7(3)8(4,6(2)10)14-15(11,12)13-7;7-6-4-2-1-3-5-6/h1-4H3,(H,11,12);6H,1-5,7H2. The Morgan fingerprint density at radius 3 is 1.64 bits per heavy atom. The largest absolute Gasteiger partial charge is 0.474 e. The van der Waals surface area contributed by atoms with Crippen LogP contribution >= 0.6 is 7.82 Å². The monoisotopic (exact) mass is 335 g/mol. The number of carbonyl (C=O) groups is 2. The first-order chi connectivity index (χ1) is 9.94. The quantitative estimate of drug-likeness (QED) is 0.742. The molecule has 128 valence electrons. The number of hydrogen-bond donors (Lipinski definition) is 2. The van der Waals surface area contributed by atoms with Crippen molar-refractivity contribution < 1.29 is 28.1 Å². The third-order valence-electron chi connectivity index (χ3n) is 4.50. The zero-order chi connectivity index (χ0) is 17.2. The van der Waals surface area contributed by atoms with Gasteiger partial charge in [0.25, 0.3) is 0 Å². The number of ketones is 2. The minimum atomic E-state index is -4.34. The number of Topliss-reactive ketones (excluding diaryl/α,β-unsaturated/α-hetero) is 2. The molecule has 0 aromatic rings. The minimum Gasteiger partial charge on any atom is -0.328 e. The topological polar surface area (TPSA) is 116 Å². The van der Waals surface area contributed by atoms with Crippen LogP contribution in [0.3, 0.4) is 0 Å². The Morgan fingerprint density at radius 1 is 1.05 bits per heavy atom. The van der Waals surface area contributed by atoms with Crippen molar-refractivity contribution in [1.82, 2.24) is 0 Å². The van der Waals surface area contributed by atoms with Gasteiger partial charge >= 0.3 is 7.82 Å². The smallest absolute Gasteiger partial charge is 0.328 e. The molecule has 0 radical (unpaired) electrons. The van der Waals surface area contributed by atoms with E-state index < -0.39 is 30.6 Å². The van der Waals surface area contributed by atoms with Crippen molar-refractivity contribution in [3.8, 4) is 0 Å². The van der Waals surface area contributed by atoms with E-state index in [1.807, 2.05) is 0 Å². The van der Waals surface area contributed by atoms with E-state index in [0.717, 1.165) is 0 Å². The molecule has 2 rings (SSSR count). The van der Waals surface area contributed by atoms with Crippen LogP contribution in [0.25, 0.3) is 0 Å². The highest BCUT2D eigenvalue weighted by atomic mass is 31.2. The highest BCUT2D eigenvalue weighted by Gasteiger charge is 2.65. The molecule has 0 spiro atoms. The van der Waals surface area contributed by atoms with E-state index in [0.29, 0.717) is 6.04 Å². The second-order valence-corrected chi connectivity index (χ2v) is 7.53. The number of rotatable bonds is 2. The van der Waals surface area contributed by atoms with Crippen LogP contribution in [0.15, 0.2) is 0 Å². The van der Waals surface area contributed by atoms with Gasteiger partial charge in [-0.2, -0.15) is 0 Å². The second-order valence-electron chi connectivity index (χ2n) is 6.23. The van der Waals surface area contributed by atoms with Gasteiger partial charge < -0.3 is 10.6 Å². The number of hydrogen-bond acceptors (Lipinski definition) is 6. The summed E-state index contributed by atoms with van der Waals surface area (Å²) in [7, 11) is -4.34. The first-order valence-corrected chi connectivity index (χ1v) is 8.96. The van der Waals surface area contributed by atoms with Crippen LogP contribution in [0, 0.1) is 0 Å². The zero-order valence-electron chi connectivity index (χ0n) is 13.6. The molecule has 0 aromatic carbocycles. The average molecular weight is 335 g/mol. The molecule has 3 N–H and O–H groups in total. The Bertz CT molecular complexity index is 458. The first-order valence-electron chi connectivity index (χ1n) is 7.46. The lowest BCUT2D eigenvalue weighted by molar-refractivity contribution is -0.150. The number of carbonyl (C=O) groups excluding carboxylic acids is 2. The highest BCUT2D eigenvalue weighted by Crippen LogP contribution is 2.61. The first kappa shape index (κ1) is 19.5. The van der Waals surface area contributed by atoms with Crippen molar-refractivity contribution >= 4 is 19.4 Å². The number of phosphoric acid groups is 1. The van der Waals surface area contributed by atoms with E-state index >= 15 is 0 Å². The van der Waals surface area contributed by atoms with Gasteiger partial charge in [-0.05, 0) is 40.5 Å². The summed E-state index contributed by atoms with van der Waals surface area (Å²) in [4.78, 5) is 31.9. The van der Waals surface area contributed by atoms with E-state index in [1.165, 1.54) is 59.8 Å². The molecule has 1 aliphatic heterocycles. The normalized spacial score (nSPS) is 39.0. The van der Waals surface area contributed by atoms with Crippen LogP contribution in [0.4, 0.5) is 0 Å². The maximum atomic E-state index is 11.4. The second kappa shape index (κ2) is 6.89. The molecule has 22 heavy (non-hydrogen) atoms. The lowest BCUT2D eigenvalue weighted by Gasteiger charge is -2.31. The third-order valence-corrected chi connectivity index (χ3v) is 5.69. The average Bonchev–Trinajstić information content (AvgIpc) is 2.58. The van der Waals surface area contributed by atoms with E-state index in [9.17, 15) is 19.0 Å². The molecule has 1 saturated carbocycles. The zero-order valence-corrected chi connectivity index (χ0v) is 14.5. The molecule has 2 unspecified atom stereocenters. The van der Waals surface area contributed by atoms with Gasteiger partial charge in [-0.3, -0.25) is 18.6 Å². The molecular weight excluding hydrogens is 309 g/mol. The van der Waals surface area contributed by atoms with E-state index in [4.69, 9.17) is 14.8 Å². The van der Waals surface area contributed by atoms with Gasteiger partial charge in [0.1, 0.15) is 0 Å². The molecule has 8 heteroatoms. The number of phosphoric ester groups is 1. The molecule has 1 aliphatic carbocycles. The van der Waals surface area contributed by atoms with Crippen molar-refractivity contribution in [1.29, 1.82) is 0 Å². The molecule has 2 fully saturated rings. The maximum Gasteiger partial charge on any atom is 0.474 e. The summed E-state index contributed by atoms with van der Waals surface area (Å²) in [5.74, 6) is -1.07. The van der Waals surface area contributed by atoms with Gasteiger partial charge in [-0.25, -0.2) is 4.57 Å². The van der Waals surface area contributed by atoms with E-state index in [1.54, 1.807) is 0 Å². The lowest BCUT2D eigenvalue weighted by Crippen LogP contribution is -2.56. The van der Waals surface area contributed by atoms with Crippen LogP contribution in [0.5, 0.6) is 0 Å². The van der Waals surface area contributed by atoms with E-state index in [2.05, 4.69) is 0 Å². The number of nitrogens with two attached hydrogens (primary N) is 1. The molecule has 1 heterocycles. The Kier molecular flexibility index (Phi) is 6.09. The summed E-state index contributed by atoms with van der Waals surface area (Å²) in [6.45, 7) is 4.89. The van der Waals surface area contributed by atoms with Crippen LogP contribution in [-0.4, -0.2) is 33.7 Å². The fourth-order valence-corrected chi connectivity index (χ4v) is 4.15. The Morgan fingerprint density at radius 2 is 1.41 bits per heavy atom. The summed E-state index contributed by atoms with van der Waals surface area (Å²) in [5.41, 5.74) is 2.20. The highest BCUT2D eigenvalue weighted by molar-refractivity contribution is 7.47. The molecule has 7 nitrogen and oxygen atoms in total. The van der Waals surface area contributed by atoms with Gasteiger partial charge in [0.15, 0.2) is 22.8 Å². The molecule has 0 aromatic heterocycles. The summed E-state index contributed by atoms with van der Waals surface area (Å²) in [5, 5.41) is 0. The minimum absolute atomic E-state index is 0.535. The van der Waals surface area contributed by atoms with E-state index in [-0.39, 0.29) is 0 Å². The summed E-state index contributed by atoms with van der Waals surface area (Å²) in [6.07, 6.45) is 6.66. The Labute approximate surface area is 131 Å². The molecule has 0 amide bonds. The SMILES string of the molecule is CC(=O)C1(C)OP(=O)(O)OC1(C)C(C)=O.NC1CCCCC1. The van der Waals surface area contributed by atoms with Gasteiger partial charge in [-0.15, -0.1) is 0 Å². The van der Waals surface area contributed by atoms with Crippen molar-refractivity contribution in [2.45, 2.75) is 77.0 Å². The Balaban J connectivity index is 0.000000287. The van der Waals surface area contributed by atoms with Gasteiger partial charge in [-0.1, -0.05) is 19.3 Å². The lowest BCUT2D eigenvalue weighted by atomic mass is 9.80. The summed E-state index contributed by atoms with van der Waals surface area (Å²) in [6, 6.07) is 0.536. The predicted octanol–water partition coefficient (Wildman–Crippen LogP) is 2.11. The van der Waals surface area contributed by atoms with Crippen LogP contribution in [0.2, 0.25) is 0 Å². The molecular formula is C14H26NO6P. The fraction of sp³-hybridized carbons (Fsp3) is 0.857. The van der Waals surface area contributed by atoms with Crippen molar-refractivity contribution in [3.63, 3.8) is 0 Å². The van der Waals surface area contributed by atoms with Gasteiger partial charge in [0.05, 0.1) is 0 Å². The van der Waals surface area contributed by atoms with Crippen molar-refractivity contribution in [2.24, 2.45) is 5.73 Å². The van der Waals surface area contributed by atoms with Crippen LogP contribution in [-0.2, 0) is 23.2 Å². The molecule has 2 aliphatic rings. The Hall–Kier alpha value is -0.590. The van der Waals surface area contributed by atoms with Gasteiger partial charge in [0.2, 0.25) is 0 Å². The van der Waals surface area contributed by atoms with Gasteiger partial charge in [0, 0.05) is 6.04 Å². The molecule has 2 atom stereocenters. The van der Waals surface area contributed by atoms with Crippen LogP contribution < -0.4 is 5.73 Å². The van der Waals surface area contributed by atoms with Crippen molar-refractivity contribution in [3.05, 3.63) is 0 Å². The predicted molar refractivity (Wildman–Crippen MR) is 81.2 cm³/mol. The van der Waals surface area contributed by atoms with Crippen LogP contribution in [0.1, 0.15) is 59.8 Å². The van der Waals surface area contributed by atoms with Crippen molar-refractivity contribution in [2.75, 3.05) is 0 Å². The molecule has 1 saturated heterocycles. The third kappa shape index (κ3) is 4.03. The summed E-state index contributed by atoms with van der Waals surface area (Å²) < 4.78 is 20.6. The maximum absolute atomic E-state index is 11.4. The summed E-state index contributed by atoms with van der Waals surface area (Å²) >= 11 is 0. The fourth-order valence-electron chi connectivity index (χ4n) is 2.59. The molecule has 0 bridgehead atoms.